The molecule has 0 aliphatic carbocycles. The maximum Gasteiger partial charge on any atom is 0.241 e. The lowest BCUT2D eigenvalue weighted by atomic mass is 10.2. The van der Waals surface area contributed by atoms with E-state index in [1.807, 2.05) is 16.8 Å². The van der Waals surface area contributed by atoms with Crippen LogP contribution in [0.1, 0.15) is 37.9 Å². The van der Waals surface area contributed by atoms with Gasteiger partial charge in [-0.15, -0.1) is 0 Å². The second-order valence-corrected chi connectivity index (χ2v) is 8.52. The Balaban J connectivity index is 2.08. The molecule has 0 aromatic carbocycles. The summed E-state index contributed by atoms with van der Waals surface area (Å²) < 4.78 is 22.5. The summed E-state index contributed by atoms with van der Waals surface area (Å²) in [7, 11) is -2.98. The summed E-state index contributed by atoms with van der Waals surface area (Å²) in [6, 6.07) is 1.85. The number of carbonyl (C=O) groups excluding carboxylic acids is 1. The Labute approximate surface area is 130 Å². The molecular formula is C14H22N2O3S2. The van der Waals surface area contributed by atoms with Crippen molar-refractivity contribution in [2.45, 2.75) is 38.4 Å². The molecule has 2 atom stereocenters. The zero-order chi connectivity index (χ0) is 15.5. The van der Waals surface area contributed by atoms with Crippen molar-refractivity contribution in [2.75, 3.05) is 18.6 Å². The van der Waals surface area contributed by atoms with Crippen LogP contribution in [-0.2, 0) is 14.6 Å². The summed E-state index contributed by atoms with van der Waals surface area (Å²) in [5.74, 6) is 0.201. The first-order valence-electron chi connectivity index (χ1n) is 7.18. The van der Waals surface area contributed by atoms with Gasteiger partial charge in [-0.3, -0.25) is 10.1 Å². The van der Waals surface area contributed by atoms with Crippen LogP contribution in [0.15, 0.2) is 16.8 Å². The fourth-order valence-electron chi connectivity index (χ4n) is 2.62. The minimum Gasteiger partial charge on any atom is -0.321 e. The van der Waals surface area contributed by atoms with Crippen LogP contribution in [0.3, 0.4) is 0 Å². The average Bonchev–Trinajstić information content (AvgIpc) is 3.00. The number of hydrogen-bond donors (Lipinski definition) is 1. The first-order chi connectivity index (χ1) is 9.92. The van der Waals surface area contributed by atoms with Crippen LogP contribution in [0.25, 0.3) is 0 Å². The number of amides is 1. The van der Waals surface area contributed by atoms with E-state index in [1.165, 1.54) is 6.26 Å². The molecule has 1 aliphatic heterocycles. The van der Waals surface area contributed by atoms with Crippen LogP contribution in [-0.4, -0.2) is 43.8 Å². The molecule has 5 nitrogen and oxygen atoms in total. The van der Waals surface area contributed by atoms with E-state index in [9.17, 15) is 13.2 Å². The molecule has 1 fully saturated rings. The Bertz CT molecular complexity index is 569. The van der Waals surface area contributed by atoms with Gasteiger partial charge in [0, 0.05) is 12.8 Å². The minimum absolute atomic E-state index is 0.0848. The van der Waals surface area contributed by atoms with Crippen molar-refractivity contribution in [3.05, 3.63) is 22.4 Å². The quantitative estimate of drug-likeness (QED) is 0.827. The molecule has 1 aromatic heterocycles. The highest BCUT2D eigenvalue weighted by Crippen LogP contribution is 2.28. The van der Waals surface area contributed by atoms with Gasteiger partial charge in [0.15, 0.2) is 0 Å². The summed E-state index contributed by atoms with van der Waals surface area (Å²) >= 11 is 1.60. The number of thiophene rings is 1. The molecule has 0 spiro atoms. The molecule has 1 aliphatic rings. The Morgan fingerprint density at radius 1 is 1.43 bits per heavy atom. The largest absolute Gasteiger partial charge is 0.321 e. The molecule has 2 heterocycles. The van der Waals surface area contributed by atoms with Crippen molar-refractivity contribution < 1.29 is 13.2 Å². The van der Waals surface area contributed by atoms with Gasteiger partial charge >= 0.3 is 0 Å². The summed E-state index contributed by atoms with van der Waals surface area (Å²) in [6.07, 6.45) is 3.33. The van der Waals surface area contributed by atoms with Gasteiger partial charge in [-0.05, 0) is 35.2 Å². The maximum atomic E-state index is 12.5. The van der Waals surface area contributed by atoms with E-state index in [-0.39, 0.29) is 23.9 Å². The number of sulfone groups is 1. The monoisotopic (exact) mass is 330 g/mol. The molecule has 2 rings (SSSR count). The Morgan fingerprint density at radius 3 is 2.76 bits per heavy atom. The smallest absolute Gasteiger partial charge is 0.241 e. The van der Waals surface area contributed by atoms with Gasteiger partial charge < -0.3 is 4.90 Å². The van der Waals surface area contributed by atoms with Gasteiger partial charge in [0.05, 0.1) is 11.8 Å². The molecule has 1 aromatic rings. The SMILES string of the molecule is CCCC1NC(c2ccsc2)N(CCCS(C)(=O)=O)C1=O. The van der Waals surface area contributed by atoms with Crippen molar-refractivity contribution >= 4 is 27.1 Å². The molecule has 1 saturated heterocycles. The van der Waals surface area contributed by atoms with Crippen molar-refractivity contribution in [2.24, 2.45) is 0 Å². The van der Waals surface area contributed by atoms with Gasteiger partial charge in [0.25, 0.3) is 0 Å². The van der Waals surface area contributed by atoms with E-state index in [0.717, 1.165) is 18.4 Å². The number of hydrogen-bond acceptors (Lipinski definition) is 5. The molecule has 0 radical (unpaired) electrons. The second kappa shape index (κ2) is 6.89. The van der Waals surface area contributed by atoms with E-state index in [4.69, 9.17) is 0 Å². The number of rotatable bonds is 7. The summed E-state index contributed by atoms with van der Waals surface area (Å²) in [5.41, 5.74) is 1.08. The van der Waals surface area contributed by atoms with Crippen molar-refractivity contribution in [3.63, 3.8) is 0 Å². The maximum absolute atomic E-state index is 12.5. The number of nitrogens with zero attached hydrogens (tertiary/aromatic N) is 1. The second-order valence-electron chi connectivity index (χ2n) is 5.48. The van der Waals surface area contributed by atoms with Crippen LogP contribution >= 0.6 is 11.3 Å². The van der Waals surface area contributed by atoms with Gasteiger partial charge in [-0.25, -0.2) is 8.42 Å². The molecular weight excluding hydrogens is 308 g/mol. The van der Waals surface area contributed by atoms with Crippen LogP contribution in [0.4, 0.5) is 0 Å². The van der Waals surface area contributed by atoms with Crippen LogP contribution in [0, 0.1) is 0 Å². The van der Waals surface area contributed by atoms with Crippen molar-refractivity contribution in [3.8, 4) is 0 Å². The Kier molecular flexibility index (Phi) is 5.40. The Hall–Kier alpha value is -0.920. The van der Waals surface area contributed by atoms with Gasteiger partial charge in [-0.1, -0.05) is 13.3 Å². The molecule has 21 heavy (non-hydrogen) atoms. The first-order valence-corrected chi connectivity index (χ1v) is 10.2. The fourth-order valence-corrected chi connectivity index (χ4v) is 3.95. The van der Waals surface area contributed by atoms with Crippen LogP contribution in [0.5, 0.6) is 0 Å². The highest BCUT2D eigenvalue weighted by molar-refractivity contribution is 7.90. The van der Waals surface area contributed by atoms with Crippen molar-refractivity contribution in [1.82, 2.24) is 10.2 Å². The summed E-state index contributed by atoms with van der Waals surface area (Å²) in [6.45, 7) is 2.53. The van der Waals surface area contributed by atoms with Gasteiger partial charge in [0.1, 0.15) is 16.0 Å². The zero-order valence-electron chi connectivity index (χ0n) is 12.4. The third kappa shape index (κ3) is 4.28. The predicted molar refractivity (Wildman–Crippen MR) is 84.9 cm³/mol. The first kappa shape index (κ1) is 16.5. The number of nitrogens with one attached hydrogen (secondary N) is 1. The normalized spacial score (nSPS) is 23.0. The van der Waals surface area contributed by atoms with E-state index < -0.39 is 9.84 Å². The molecule has 1 N–H and O–H groups in total. The predicted octanol–water partition coefficient (Wildman–Crippen LogP) is 1.78. The molecule has 118 valence electrons. The van der Waals surface area contributed by atoms with Crippen LogP contribution in [0.2, 0.25) is 0 Å². The number of carbonyl (C=O) groups is 1. The van der Waals surface area contributed by atoms with E-state index in [1.54, 1.807) is 16.2 Å². The standard InChI is InChI=1S/C14H22N2O3S2/c1-3-5-12-14(17)16(7-4-9-21(2,18)19)13(15-12)11-6-8-20-10-11/h6,8,10,12-13,15H,3-5,7,9H2,1-2H3. The molecule has 1 amide bonds. The fraction of sp³-hybridized carbons (Fsp3) is 0.643. The molecule has 0 saturated carbocycles. The topological polar surface area (TPSA) is 66.5 Å². The molecule has 2 unspecified atom stereocenters. The molecule has 0 bridgehead atoms. The molecule has 7 heteroatoms. The minimum atomic E-state index is -2.98. The highest BCUT2D eigenvalue weighted by atomic mass is 32.2. The van der Waals surface area contributed by atoms with E-state index in [0.29, 0.717) is 13.0 Å². The zero-order valence-corrected chi connectivity index (χ0v) is 14.0. The van der Waals surface area contributed by atoms with Gasteiger partial charge in [-0.2, -0.15) is 11.3 Å². The third-order valence-corrected chi connectivity index (χ3v) is 5.33. The van der Waals surface area contributed by atoms with Gasteiger partial charge in [0.2, 0.25) is 5.91 Å². The lowest BCUT2D eigenvalue weighted by Gasteiger charge is -2.23. The lowest BCUT2D eigenvalue weighted by molar-refractivity contribution is -0.130. The van der Waals surface area contributed by atoms with Crippen molar-refractivity contribution in [1.29, 1.82) is 0 Å². The summed E-state index contributed by atoms with van der Waals surface area (Å²) in [5, 5.41) is 7.40. The Morgan fingerprint density at radius 2 is 2.19 bits per heavy atom. The third-order valence-electron chi connectivity index (χ3n) is 3.60. The van der Waals surface area contributed by atoms with E-state index in [2.05, 4.69) is 12.2 Å². The highest BCUT2D eigenvalue weighted by Gasteiger charge is 2.38. The lowest BCUT2D eigenvalue weighted by Crippen LogP contribution is -2.32. The summed E-state index contributed by atoms with van der Waals surface area (Å²) in [4.78, 5) is 14.3. The van der Waals surface area contributed by atoms with E-state index >= 15 is 0 Å². The van der Waals surface area contributed by atoms with Crippen LogP contribution < -0.4 is 5.32 Å². The average molecular weight is 330 g/mol.